The summed E-state index contributed by atoms with van der Waals surface area (Å²) >= 11 is 0. The predicted molar refractivity (Wildman–Crippen MR) is 54.9 cm³/mol. The lowest BCUT2D eigenvalue weighted by atomic mass is 10.2. The zero-order valence-electron chi connectivity index (χ0n) is 8.09. The standard InChI is InChI=1S/C9H18N4/c1-4-11-8-6-13(10-3)7-9(8)12-5-2/h4-5,8-12H,1-2,6-7H2,3H3. The van der Waals surface area contributed by atoms with Crippen LogP contribution in [0.25, 0.3) is 0 Å². The smallest absolute Gasteiger partial charge is 0.0610 e. The van der Waals surface area contributed by atoms with Crippen molar-refractivity contribution in [1.82, 2.24) is 21.1 Å². The Kier molecular flexibility index (Phi) is 3.79. The molecule has 2 unspecified atom stereocenters. The number of rotatable bonds is 5. The lowest BCUT2D eigenvalue weighted by Gasteiger charge is -2.18. The van der Waals surface area contributed by atoms with E-state index in [-0.39, 0.29) is 0 Å². The minimum atomic E-state index is 0.392. The maximum absolute atomic E-state index is 3.67. The van der Waals surface area contributed by atoms with Crippen molar-refractivity contribution in [3.63, 3.8) is 0 Å². The fourth-order valence-corrected chi connectivity index (χ4v) is 1.63. The molecule has 0 aliphatic carbocycles. The molecular formula is C9H18N4. The van der Waals surface area contributed by atoms with Gasteiger partial charge in [-0.3, -0.25) is 5.43 Å². The number of hydrogen-bond donors (Lipinski definition) is 3. The second-order valence-electron chi connectivity index (χ2n) is 3.08. The maximum atomic E-state index is 3.67. The molecule has 0 radical (unpaired) electrons. The number of nitrogens with one attached hydrogen (secondary N) is 3. The Labute approximate surface area is 79.7 Å². The Hall–Kier alpha value is -1.00. The molecule has 0 saturated carbocycles. The van der Waals surface area contributed by atoms with Crippen LogP contribution < -0.4 is 16.1 Å². The van der Waals surface area contributed by atoms with Gasteiger partial charge in [0.25, 0.3) is 0 Å². The largest absolute Gasteiger partial charge is 0.385 e. The van der Waals surface area contributed by atoms with Gasteiger partial charge < -0.3 is 10.6 Å². The fourth-order valence-electron chi connectivity index (χ4n) is 1.63. The molecule has 74 valence electrons. The first-order valence-corrected chi connectivity index (χ1v) is 4.48. The second-order valence-corrected chi connectivity index (χ2v) is 3.08. The van der Waals surface area contributed by atoms with E-state index < -0.39 is 0 Å². The van der Waals surface area contributed by atoms with E-state index in [0.717, 1.165) is 13.1 Å². The second kappa shape index (κ2) is 4.89. The minimum absolute atomic E-state index is 0.392. The Morgan fingerprint density at radius 2 is 1.62 bits per heavy atom. The summed E-state index contributed by atoms with van der Waals surface area (Å²) < 4.78 is 0. The third-order valence-corrected chi connectivity index (χ3v) is 2.30. The first-order valence-electron chi connectivity index (χ1n) is 4.48. The van der Waals surface area contributed by atoms with Crippen LogP contribution in [0, 0.1) is 0 Å². The molecule has 0 aromatic carbocycles. The summed E-state index contributed by atoms with van der Waals surface area (Å²) in [6.45, 7) is 9.26. The van der Waals surface area contributed by atoms with Crippen molar-refractivity contribution in [3.8, 4) is 0 Å². The van der Waals surface area contributed by atoms with Crippen molar-refractivity contribution in [2.45, 2.75) is 12.1 Å². The molecule has 1 rings (SSSR count). The van der Waals surface area contributed by atoms with Crippen molar-refractivity contribution in [2.24, 2.45) is 0 Å². The third-order valence-electron chi connectivity index (χ3n) is 2.30. The lowest BCUT2D eigenvalue weighted by Crippen LogP contribution is -2.42. The first-order chi connectivity index (χ1) is 6.31. The molecule has 0 amide bonds. The summed E-state index contributed by atoms with van der Waals surface area (Å²) in [6, 6.07) is 0.783. The molecule has 1 fully saturated rings. The van der Waals surface area contributed by atoms with Crippen LogP contribution in [0.2, 0.25) is 0 Å². The molecule has 13 heavy (non-hydrogen) atoms. The van der Waals surface area contributed by atoms with Crippen molar-refractivity contribution in [1.29, 1.82) is 0 Å². The van der Waals surface area contributed by atoms with Crippen LogP contribution in [-0.2, 0) is 0 Å². The van der Waals surface area contributed by atoms with Crippen LogP contribution in [0.4, 0.5) is 0 Å². The van der Waals surface area contributed by atoms with Gasteiger partial charge in [0.1, 0.15) is 0 Å². The number of hydrogen-bond acceptors (Lipinski definition) is 4. The summed E-state index contributed by atoms with van der Waals surface area (Å²) in [5.41, 5.74) is 3.13. The molecular weight excluding hydrogens is 164 g/mol. The number of nitrogens with zero attached hydrogens (tertiary/aromatic N) is 1. The molecule has 0 bridgehead atoms. The Morgan fingerprint density at radius 3 is 1.92 bits per heavy atom. The highest BCUT2D eigenvalue weighted by Crippen LogP contribution is 2.07. The highest BCUT2D eigenvalue weighted by molar-refractivity contribution is 4.96. The van der Waals surface area contributed by atoms with Crippen LogP contribution >= 0.6 is 0 Å². The SMILES string of the molecule is C=CNC1CN(NC)CC1NC=C. The zero-order valence-corrected chi connectivity index (χ0v) is 8.09. The van der Waals surface area contributed by atoms with Crippen molar-refractivity contribution >= 4 is 0 Å². The van der Waals surface area contributed by atoms with E-state index in [2.05, 4.69) is 34.2 Å². The van der Waals surface area contributed by atoms with Gasteiger partial charge >= 0.3 is 0 Å². The molecule has 0 aromatic heterocycles. The highest BCUT2D eigenvalue weighted by atomic mass is 15.5. The van der Waals surface area contributed by atoms with Gasteiger partial charge in [-0.25, -0.2) is 5.01 Å². The van der Waals surface area contributed by atoms with E-state index in [1.165, 1.54) is 0 Å². The van der Waals surface area contributed by atoms with Gasteiger partial charge in [-0.2, -0.15) is 0 Å². The summed E-state index contributed by atoms with van der Waals surface area (Å²) in [5, 5.41) is 8.59. The average Bonchev–Trinajstić information content (AvgIpc) is 2.50. The van der Waals surface area contributed by atoms with E-state index in [1.807, 2.05) is 7.05 Å². The van der Waals surface area contributed by atoms with Crippen LogP contribution in [0.1, 0.15) is 0 Å². The van der Waals surface area contributed by atoms with Gasteiger partial charge in [0.15, 0.2) is 0 Å². The molecule has 0 aromatic rings. The van der Waals surface area contributed by atoms with E-state index >= 15 is 0 Å². The molecule has 1 aliphatic rings. The zero-order chi connectivity index (χ0) is 9.68. The van der Waals surface area contributed by atoms with Crippen molar-refractivity contribution < 1.29 is 0 Å². The van der Waals surface area contributed by atoms with Gasteiger partial charge in [-0.1, -0.05) is 13.2 Å². The van der Waals surface area contributed by atoms with Crippen LogP contribution in [0.3, 0.4) is 0 Å². The van der Waals surface area contributed by atoms with Crippen molar-refractivity contribution in [2.75, 3.05) is 20.1 Å². The molecule has 4 heteroatoms. The van der Waals surface area contributed by atoms with E-state index in [0.29, 0.717) is 12.1 Å². The van der Waals surface area contributed by atoms with Gasteiger partial charge in [-0.05, 0) is 19.4 Å². The molecule has 3 N–H and O–H groups in total. The summed E-state index contributed by atoms with van der Waals surface area (Å²) in [6.07, 6.45) is 3.48. The predicted octanol–water partition coefficient (Wildman–Crippen LogP) is -0.360. The Bertz CT molecular complexity index is 162. The minimum Gasteiger partial charge on any atom is -0.385 e. The monoisotopic (exact) mass is 182 g/mol. The fraction of sp³-hybridized carbons (Fsp3) is 0.556. The molecule has 4 nitrogen and oxygen atoms in total. The summed E-state index contributed by atoms with van der Waals surface area (Å²) in [4.78, 5) is 0. The maximum Gasteiger partial charge on any atom is 0.0610 e. The van der Waals surface area contributed by atoms with Crippen LogP contribution in [0.15, 0.2) is 25.6 Å². The van der Waals surface area contributed by atoms with Gasteiger partial charge in [0, 0.05) is 13.1 Å². The quantitative estimate of drug-likeness (QED) is 0.543. The normalized spacial score (nSPS) is 28.4. The first kappa shape index (κ1) is 10.1. The van der Waals surface area contributed by atoms with E-state index in [1.54, 1.807) is 12.4 Å². The topological polar surface area (TPSA) is 39.3 Å². The number of hydrazine groups is 1. The third kappa shape index (κ3) is 2.47. The highest BCUT2D eigenvalue weighted by Gasteiger charge is 2.30. The lowest BCUT2D eigenvalue weighted by molar-refractivity contribution is 0.253. The van der Waals surface area contributed by atoms with E-state index in [9.17, 15) is 0 Å². The Balaban J connectivity index is 2.48. The van der Waals surface area contributed by atoms with Gasteiger partial charge in [-0.15, -0.1) is 0 Å². The van der Waals surface area contributed by atoms with Gasteiger partial charge in [0.2, 0.25) is 0 Å². The van der Waals surface area contributed by atoms with Gasteiger partial charge in [0.05, 0.1) is 12.1 Å². The van der Waals surface area contributed by atoms with Crippen molar-refractivity contribution in [3.05, 3.63) is 25.6 Å². The molecule has 2 atom stereocenters. The van der Waals surface area contributed by atoms with E-state index in [4.69, 9.17) is 0 Å². The summed E-state index contributed by atoms with van der Waals surface area (Å²) in [5.74, 6) is 0. The Morgan fingerprint density at radius 1 is 1.15 bits per heavy atom. The van der Waals surface area contributed by atoms with Crippen LogP contribution in [0.5, 0.6) is 0 Å². The molecule has 0 spiro atoms. The summed E-state index contributed by atoms with van der Waals surface area (Å²) in [7, 11) is 1.93. The average molecular weight is 182 g/mol. The van der Waals surface area contributed by atoms with Crippen LogP contribution in [-0.4, -0.2) is 37.2 Å². The molecule has 1 heterocycles. The molecule has 1 saturated heterocycles. The molecule has 1 aliphatic heterocycles.